The molecular formula is C21H18N2O2S. The molecule has 2 heterocycles. The van der Waals surface area contributed by atoms with Crippen molar-refractivity contribution in [2.75, 3.05) is 6.26 Å². The zero-order valence-corrected chi connectivity index (χ0v) is 15.4. The Balaban J connectivity index is 1.98. The van der Waals surface area contributed by atoms with Crippen LogP contribution < -0.4 is 0 Å². The van der Waals surface area contributed by atoms with E-state index in [1.807, 2.05) is 53.1 Å². The maximum Gasteiger partial charge on any atom is 0.175 e. The van der Waals surface area contributed by atoms with Crippen molar-refractivity contribution in [3.63, 3.8) is 0 Å². The van der Waals surface area contributed by atoms with Crippen LogP contribution in [0.15, 0.2) is 77.8 Å². The number of aryl methyl sites for hydroxylation is 1. The van der Waals surface area contributed by atoms with Crippen molar-refractivity contribution in [2.24, 2.45) is 0 Å². The summed E-state index contributed by atoms with van der Waals surface area (Å²) >= 11 is 0. The molecule has 0 unspecified atom stereocenters. The van der Waals surface area contributed by atoms with Crippen LogP contribution in [-0.4, -0.2) is 24.1 Å². The van der Waals surface area contributed by atoms with E-state index in [0.717, 1.165) is 33.7 Å². The van der Waals surface area contributed by atoms with Gasteiger partial charge >= 0.3 is 0 Å². The molecule has 0 atom stereocenters. The van der Waals surface area contributed by atoms with E-state index < -0.39 is 9.84 Å². The van der Waals surface area contributed by atoms with Crippen molar-refractivity contribution in [3.05, 3.63) is 78.5 Å². The van der Waals surface area contributed by atoms with Gasteiger partial charge in [0.15, 0.2) is 9.84 Å². The molecule has 0 spiro atoms. The van der Waals surface area contributed by atoms with Gasteiger partial charge in [0, 0.05) is 23.6 Å². The minimum atomic E-state index is -3.22. The number of pyridine rings is 1. The van der Waals surface area contributed by atoms with E-state index >= 15 is 0 Å². The van der Waals surface area contributed by atoms with Gasteiger partial charge < -0.3 is 0 Å². The highest BCUT2D eigenvalue weighted by molar-refractivity contribution is 7.90. The molecule has 4 rings (SSSR count). The van der Waals surface area contributed by atoms with Crippen LogP contribution in [0, 0.1) is 6.92 Å². The summed E-state index contributed by atoms with van der Waals surface area (Å²) in [6.07, 6.45) is 3.19. The van der Waals surface area contributed by atoms with Gasteiger partial charge in [0.1, 0.15) is 5.65 Å². The molecule has 2 aromatic carbocycles. The molecule has 4 aromatic rings. The zero-order valence-electron chi connectivity index (χ0n) is 14.5. The number of sulfone groups is 1. The summed E-state index contributed by atoms with van der Waals surface area (Å²) in [6, 6.07) is 21.1. The third-order valence-corrected chi connectivity index (χ3v) is 5.51. The first-order valence-corrected chi connectivity index (χ1v) is 10.2. The van der Waals surface area contributed by atoms with E-state index in [1.165, 1.54) is 6.26 Å². The Morgan fingerprint density at radius 3 is 2.35 bits per heavy atom. The lowest BCUT2D eigenvalue weighted by Crippen LogP contribution is -1.97. The molecule has 4 nitrogen and oxygen atoms in total. The monoisotopic (exact) mass is 362 g/mol. The van der Waals surface area contributed by atoms with Crippen LogP contribution in [-0.2, 0) is 9.84 Å². The van der Waals surface area contributed by atoms with Gasteiger partial charge in [-0.15, -0.1) is 0 Å². The molecular weight excluding hydrogens is 344 g/mol. The molecule has 5 heteroatoms. The molecule has 0 amide bonds. The predicted octanol–water partition coefficient (Wildman–Crippen LogP) is 4.38. The Labute approximate surface area is 152 Å². The highest BCUT2D eigenvalue weighted by Gasteiger charge is 2.16. The number of aromatic nitrogens is 2. The Morgan fingerprint density at radius 2 is 1.65 bits per heavy atom. The summed E-state index contributed by atoms with van der Waals surface area (Å²) in [5.41, 5.74) is 5.81. The standard InChI is InChI=1S/C21H18N2O2S/c1-15-6-5-7-17(14-15)20-21(23-13-4-3-8-19(23)22-20)16-9-11-18(12-10-16)26(2,24)25/h3-14H,1-2H3. The summed E-state index contributed by atoms with van der Waals surface area (Å²) in [5.74, 6) is 0. The quantitative estimate of drug-likeness (QED) is 0.543. The third-order valence-electron chi connectivity index (χ3n) is 4.38. The van der Waals surface area contributed by atoms with Gasteiger partial charge in [-0.2, -0.15) is 0 Å². The van der Waals surface area contributed by atoms with Crippen molar-refractivity contribution < 1.29 is 8.42 Å². The Hall–Kier alpha value is -2.92. The van der Waals surface area contributed by atoms with Crippen molar-refractivity contribution in [3.8, 4) is 22.5 Å². The average molecular weight is 362 g/mol. The Bertz CT molecular complexity index is 1210. The van der Waals surface area contributed by atoms with Crippen molar-refractivity contribution in [2.45, 2.75) is 11.8 Å². The highest BCUT2D eigenvalue weighted by Crippen LogP contribution is 2.33. The summed E-state index contributed by atoms with van der Waals surface area (Å²) in [7, 11) is -3.22. The fraction of sp³-hybridized carbons (Fsp3) is 0.0952. The highest BCUT2D eigenvalue weighted by atomic mass is 32.2. The van der Waals surface area contributed by atoms with Crippen molar-refractivity contribution in [1.82, 2.24) is 9.38 Å². The maximum atomic E-state index is 11.8. The lowest BCUT2D eigenvalue weighted by atomic mass is 10.0. The molecule has 130 valence electrons. The number of rotatable bonds is 3. The van der Waals surface area contributed by atoms with E-state index in [-0.39, 0.29) is 0 Å². The average Bonchev–Trinajstić information content (AvgIpc) is 3.00. The van der Waals surface area contributed by atoms with Crippen LogP contribution in [0.2, 0.25) is 0 Å². The molecule has 0 aliphatic rings. The molecule has 0 saturated carbocycles. The van der Waals surface area contributed by atoms with E-state index in [2.05, 4.69) is 19.1 Å². The van der Waals surface area contributed by atoms with Crippen LogP contribution in [0.1, 0.15) is 5.56 Å². The first-order valence-electron chi connectivity index (χ1n) is 8.28. The SMILES string of the molecule is Cc1cccc(-c2nc3ccccn3c2-c2ccc(S(C)(=O)=O)cc2)c1. The molecule has 0 radical (unpaired) electrons. The summed E-state index contributed by atoms with van der Waals surface area (Å²) in [4.78, 5) is 5.13. The second kappa shape index (κ2) is 6.11. The van der Waals surface area contributed by atoms with E-state index in [4.69, 9.17) is 4.98 Å². The molecule has 0 aliphatic carbocycles. The summed E-state index contributed by atoms with van der Waals surface area (Å²) < 4.78 is 25.5. The van der Waals surface area contributed by atoms with Gasteiger partial charge in [-0.25, -0.2) is 13.4 Å². The van der Waals surface area contributed by atoms with Crippen LogP contribution in [0.5, 0.6) is 0 Å². The zero-order chi connectivity index (χ0) is 18.3. The third kappa shape index (κ3) is 2.91. The lowest BCUT2D eigenvalue weighted by Gasteiger charge is -2.07. The van der Waals surface area contributed by atoms with Gasteiger partial charge in [0.2, 0.25) is 0 Å². The van der Waals surface area contributed by atoms with Gasteiger partial charge in [-0.05, 0) is 37.3 Å². The second-order valence-corrected chi connectivity index (χ2v) is 8.42. The van der Waals surface area contributed by atoms with Crippen molar-refractivity contribution in [1.29, 1.82) is 0 Å². The fourth-order valence-corrected chi connectivity index (χ4v) is 3.76. The number of hydrogen-bond donors (Lipinski definition) is 0. The van der Waals surface area contributed by atoms with E-state index in [9.17, 15) is 8.42 Å². The lowest BCUT2D eigenvalue weighted by molar-refractivity contribution is 0.602. The fourth-order valence-electron chi connectivity index (χ4n) is 3.13. The smallest absolute Gasteiger partial charge is 0.175 e. The molecule has 26 heavy (non-hydrogen) atoms. The minimum absolute atomic E-state index is 0.312. The largest absolute Gasteiger partial charge is 0.299 e. The second-order valence-electron chi connectivity index (χ2n) is 6.40. The topological polar surface area (TPSA) is 51.4 Å². The summed E-state index contributed by atoms with van der Waals surface area (Å²) in [5, 5.41) is 0. The van der Waals surface area contributed by atoms with Gasteiger partial charge in [0.25, 0.3) is 0 Å². The van der Waals surface area contributed by atoms with Crippen LogP contribution in [0.4, 0.5) is 0 Å². The van der Waals surface area contributed by atoms with Crippen LogP contribution in [0.3, 0.4) is 0 Å². The number of nitrogens with zero attached hydrogens (tertiary/aromatic N) is 2. The molecule has 2 aromatic heterocycles. The molecule has 0 aliphatic heterocycles. The molecule has 0 bridgehead atoms. The molecule has 0 saturated heterocycles. The Morgan fingerprint density at radius 1 is 0.885 bits per heavy atom. The normalized spacial score (nSPS) is 11.8. The van der Waals surface area contributed by atoms with Crippen LogP contribution >= 0.6 is 0 Å². The molecule has 0 N–H and O–H groups in total. The predicted molar refractivity (Wildman–Crippen MR) is 104 cm³/mol. The van der Waals surface area contributed by atoms with Gasteiger partial charge in [-0.3, -0.25) is 4.40 Å². The first-order chi connectivity index (χ1) is 12.4. The summed E-state index contributed by atoms with van der Waals surface area (Å²) in [6.45, 7) is 2.06. The van der Waals surface area contributed by atoms with E-state index in [0.29, 0.717) is 4.90 Å². The van der Waals surface area contributed by atoms with Crippen molar-refractivity contribution >= 4 is 15.5 Å². The van der Waals surface area contributed by atoms with Gasteiger partial charge in [-0.1, -0.05) is 42.0 Å². The van der Waals surface area contributed by atoms with Crippen LogP contribution in [0.25, 0.3) is 28.2 Å². The number of imidazole rings is 1. The number of hydrogen-bond acceptors (Lipinski definition) is 3. The minimum Gasteiger partial charge on any atom is -0.299 e. The molecule has 0 fully saturated rings. The number of fused-ring (bicyclic) bond motifs is 1. The van der Waals surface area contributed by atoms with E-state index in [1.54, 1.807) is 12.1 Å². The maximum absolute atomic E-state index is 11.8. The first kappa shape index (κ1) is 16.5. The van der Waals surface area contributed by atoms with Gasteiger partial charge in [0.05, 0.1) is 16.3 Å². The Kier molecular flexibility index (Phi) is 3.89. The number of benzene rings is 2.